The zero-order chi connectivity index (χ0) is 7.19. The lowest BCUT2D eigenvalue weighted by Gasteiger charge is -2.03. The molecule has 54 valence electrons. The van der Waals surface area contributed by atoms with Gasteiger partial charge < -0.3 is 0 Å². The number of hydrogen-bond acceptors (Lipinski definition) is 3. The summed E-state index contributed by atoms with van der Waals surface area (Å²) in [4.78, 5) is 0. The second-order valence-electron chi connectivity index (χ2n) is 2.49. The molecular formula is C5H5F2N3. The third-order valence-electron chi connectivity index (χ3n) is 1.59. The minimum atomic E-state index is -3.10. The molecule has 0 atom stereocenters. The van der Waals surface area contributed by atoms with Crippen molar-refractivity contribution >= 4 is 5.71 Å². The van der Waals surface area contributed by atoms with Crippen molar-refractivity contribution in [3.8, 4) is 0 Å². The predicted molar refractivity (Wildman–Crippen MR) is 30.0 cm³/mol. The molecule has 3 nitrogen and oxygen atoms in total. The van der Waals surface area contributed by atoms with Crippen molar-refractivity contribution in [3.05, 3.63) is 0 Å². The molecule has 1 saturated carbocycles. The molecule has 0 spiro atoms. The molecule has 1 aliphatic carbocycles. The summed E-state index contributed by atoms with van der Waals surface area (Å²) < 4.78 is 25.0. The van der Waals surface area contributed by atoms with Gasteiger partial charge >= 0.3 is 6.05 Å². The number of nitrogens with zero attached hydrogens (tertiary/aromatic N) is 3. The fraction of sp³-hybridized carbons (Fsp3) is 0.800. The molecule has 0 amide bonds. The van der Waals surface area contributed by atoms with Crippen molar-refractivity contribution in [2.75, 3.05) is 0 Å². The number of rotatable bonds is 1. The van der Waals surface area contributed by atoms with Gasteiger partial charge in [0.25, 0.3) is 0 Å². The zero-order valence-electron chi connectivity index (χ0n) is 5.09. The van der Waals surface area contributed by atoms with Crippen molar-refractivity contribution in [2.24, 2.45) is 21.4 Å². The lowest BCUT2D eigenvalue weighted by Crippen LogP contribution is -2.24. The van der Waals surface area contributed by atoms with Crippen molar-refractivity contribution in [1.29, 1.82) is 0 Å². The standard InChI is InChI=1S/C5H5F2N3/c6-5(7)4(3-1-2-3)8-10-9-5/h3H,1-2H2. The normalized spacial score (nSPS) is 28.8. The van der Waals surface area contributed by atoms with Crippen LogP contribution in [0, 0.1) is 5.92 Å². The topological polar surface area (TPSA) is 37.1 Å². The molecule has 0 aromatic heterocycles. The van der Waals surface area contributed by atoms with Crippen LogP contribution >= 0.6 is 0 Å². The van der Waals surface area contributed by atoms with Crippen LogP contribution in [0.25, 0.3) is 0 Å². The number of halogens is 2. The highest BCUT2D eigenvalue weighted by Crippen LogP contribution is 2.39. The number of hydrogen-bond donors (Lipinski definition) is 0. The van der Waals surface area contributed by atoms with Crippen LogP contribution in [0.15, 0.2) is 15.4 Å². The van der Waals surface area contributed by atoms with Gasteiger partial charge in [0.05, 0.1) is 0 Å². The fourth-order valence-electron chi connectivity index (χ4n) is 0.922. The van der Waals surface area contributed by atoms with Crippen LogP contribution < -0.4 is 0 Å². The van der Waals surface area contributed by atoms with Crippen molar-refractivity contribution < 1.29 is 8.78 Å². The Morgan fingerprint density at radius 2 is 2.10 bits per heavy atom. The molecule has 1 heterocycles. The Hall–Kier alpha value is -0.870. The summed E-state index contributed by atoms with van der Waals surface area (Å²) in [6.45, 7) is 0. The molecule has 0 N–H and O–H groups in total. The Kier molecular flexibility index (Phi) is 0.934. The Morgan fingerprint density at radius 3 is 2.50 bits per heavy atom. The van der Waals surface area contributed by atoms with E-state index in [0.717, 1.165) is 12.8 Å². The maximum atomic E-state index is 12.5. The highest BCUT2D eigenvalue weighted by molar-refractivity contribution is 5.95. The van der Waals surface area contributed by atoms with Gasteiger partial charge in [-0.3, -0.25) is 0 Å². The van der Waals surface area contributed by atoms with Crippen molar-refractivity contribution in [1.82, 2.24) is 0 Å². The Morgan fingerprint density at radius 1 is 1.40 bits per heavy atom. The van der Waals surface area contributed by atoms with E-state index in [4.69, 9.17) is 0 Å². The molecule has 0 saturated heterocycles. The summed E-state index contributed by atoms with van der Waals surface area (Å²) in [6.07, 6.45) is 1.61. The summed E-state index contributed by atoms with van der Waals surface area (Å²) in [5.74, 6) is -0.0509. The third kappa shape index (κ3) is 0.732. The first-order valence-electron chi connectivity index (χ1n) is 3.08. The average molecular weight is 145 g/mol. The van der Waals surface area contributed by atoms with E-state index in [9.17, 15) is 8.78 Å². The molecule has 1 fully saturated rings. The van der Waals surface area contributed by atoms with Crippen LogP contribution in [0.2, 0.25) is 0 Å². The Labute approximate surface area is 55.8 Å². The van der Waals surface area contributed by atoms with Gasteiger partial charge in [-0.25, -0.2) is 0 Å². The van der Waals surface area contributed by atoms with Crippen LogP contribution in [0.4, 0.5) is 8.78 Å². The minimum absolute atomic E-state index is 0.0509. The molecule has 0 aromatic rings. The molecule has 1 aliphatic heterocycles. The molecular weight excluding hydrogens is 140 g/mol. The van der Waals surface area contributed by atoms with E-state index in [-0.39, 0.29) is 11.6 Å². The third-order valence-corrected chi connectivity index (χ3v) is 1.59. The lowest BCUT2D eigenvalue weighted by molar-refractivity contribution is 0.0837. The average Bonchev–Trinajstić information content (AvgIpc) is 2.58. The predicted octanol–water partition coefficient (Wildman–Crippen LogP) is 1.81. The van der Waals surface area contributed by atoms with Crippen molar-refractivity contribution in [3.63, 3.8) is 0 Å². The van der Waals surface area contributed by atoms with Crippen LogP contribution in [-0.4, -0.2) is 11.8 Å². The van der Waals surface area contributed by atoms with E-state index in [1.54, 1.807) is 0 Å². The minimum Gasteiger partial charge on any atom is -0.173 e. The zero-order valence-corrected chi connectivity index (χ0v) is 5.09. The highest BCUT2D eigenvalue weighted by atomic mass is 19.3. The smallest absolute Gasteiger partial charge is 0.173 e. The lowest BCUT2D eigenvalue weighted by atomic mass is 10.2. The first kappa shape index (κ1) is 5.88. The van der Waals surface area contributed by atoms with E-state index >= 15 is 0 Å². The summed E-state index contributed by atoms with van der Waals surface area (Å²) in [6, 6.07) is -3.10. The largest absolute Gasteiger partial charge is 0.402 e. The molecule has 5 heteroatoms. The number of alkyl halides is 2. The molecule has 10 heavy (non-hydrogen) atoms. The highest BCUT2D eigenvalue weighted by Gasteiger charge is 2.48. The van der Waals surface area contributed by atoms with Gasteiger partial charge in [0.1, 0.15) is 5.71 Å². The van der Waals surface area contributed by atoms with Crippen molar-refractivity contribution in [2.45, 2.75) is 18.9 Å². The first-order chi connectivity index (χ1) is 4.70. The maximum Gasteiger partial charge on any atom is 0.402 e. The van der Waals surface area contributed by atoms with Gasteiger partial charge in [-0.15, -0.1) is 5.10 Å². The summed E-state index contributed by atoms with van der Waals surface area (Å²) in [7, 11) is 0. The fourth-order valence-corrected chi connectivity index (χ4v) is 0.922. The van der Waals surface area contributed by atoms with Gasteiger partial charge in [-0.1, -0.05) is 5.11 Å². The second kappa shape index (κ2) is 1.59. The van der Waals surface area contributed by atoms with Crippen LogP contribution in [0.1, 0.15) is 12.8 Å². The quantitative estimate of drug-likeness (QED) is 0.504. The Bertz CT molecular complexity index is 217. The summed E-state index contributed by atoms with van der Waals surface area (Å²) >= 11 is 0. The molecule has 0 bridgehead atoms. The molecule has 0 unspecified atom stereocenters. The van der Waals surface area contributed by atoms with E-state index in [2.05, 4.69) is 15.4 Å². The molecule has 0 aromatic carbocycles. The van der Waals surface area contributed by atoms with E-state index < -0.39 is 6.05 Å². The maximum absolute atomic E-state index is 12.5. The summed E-state index contributed by atoms with van der Waals surface area (Å²) in [5.41, 5.74) is -0.146. The van der Waals surface area contributed by atoms with Gasteiger partial charge in [0.2, 0.25) is 0 Å². The SMILES string of the molecule is FC1(F)N=NN=C1C1CC1. The van der Waals surface area contributed by atoms with Gasteiger partial charge in [-0.2, -0.15) is 8.78 Å². The summed E-state index contributed by atoms with van der Waals surface area (Å²) in [5, 5.41) is 8.92. The van der Waals surface area contributed by atoms with Crippen LogP contribution in [-0.2, 0) is 0 Å². The van der Waals surface area contributed by atoms with E-state index in [1.165, 1.54) is 0 Å². The van der Waals surface area contributed by atoms with E-state index in [0.29, 0.717) is 0 Å². The second-order valence-corrected chi connectivity index (χ2v) is 2.49. The van der Waals surface area contributed by atoms with E-state index in [1.807, 2.05) is 0 Å². The van der Waals surface area contributed by atoms with Gasteiger partial charge in [0.15, 0.2) is 0 Å². The molecule has 2 rings (SSSR count). The molecule has 0 radical (unpaired) electrons. The van der Waals surface area contributed by atoms with Crippen LogP contribution in [0.3, 0.4) is 0 Å². The monoisotopic (exact) mass is 145 g/mol. The van der Waals surface area contributed by atoms with Crippen LogP contribution in [0.5, 0.6) is 0 Å². The Balaban J connectivity index is 2.23. The molecule has 2 aliphatic rings. The first-order valence-corrected chi connectivity index (χ1v) is 3.08. The van der Waals surface area contributed by atoms with Gasteiger partial charge in [-0.05, 0) is 18.1 Å². The van der Waals surface area contributed by atoms with Gasteiger partial charge in [0, 0.05) is 5.92 Å².